The smallest absolute Gasteiger partial charge is 0.299 e. The van der Waals surface area contributed by atoms with Crippen molar-refractivity contribution in [2.24, 2.45) is 11.3 Å². The van der Waals surface area contributed by atoms with Crippen LogP contribution >= 0.6 is 0 Å². The van der Waals surface area contributed by atoms with Crippen LogP contribution in [0.25, 0.3) is 0 Å². The average Bonchev–Trinajstić information content (AvgIpc) is 2.68. The van der Waals surface area contributed by atoms with Crippen LogP contribution in [-0.4, -0.2) is 14.5 Å². The molecule has 2 aliphatic rings. The highest BCUT2D eigenvalue weighted by atomic mass is 28.4. The molecule has 0 aromatic rings. The molecule has 4 heteroatoms. The number of rotatable bonds is 2. The minimum atomic E-state index is -4.31. The Hall–Kier alpha value is -0.253. The van der Waals surface area contributed by atoms with Gasteiger partial charge in [0.25, 0.3) is 0 Å². The van der Waals surface area contributed by atoms with E-state index in [1.54, 1.807) is 27.7 Å². The highest BCUT2D eigenvalue weighted by molar-refractivity contribution is 6.70. The predicted molar refractivity (Wildman–Crippen MR) is 75.7 cm³/mol. The van der Waals surface area contributed by atoms with Crippen LogP contribution in [0.1, 0.15) is 66.2 Å². The van der Waals surface area contributed by atoms with Gasteiger partial charge in [-0.1, -0.05) is 33.6 Å². The first-order chi connectivity index (χ1) is 8.61. The van der Waals surface area contributed by atoms with Crippen LogP contribution in [-0.2, 0) is 4.79 Å². The summed E-state index contributed by atoms with van der Waals surface area (Å²) in [5.74, 6) is 0.392. The molecule has 0 heterocycles. The van der Waals surface area contributed by atoms with Gasteiger partial charge in [0.1, 0.15) is 5.78 Å². The molecule has 2 fully saturated rings. The van der Waals surface area contributed by atoms with Crippen LogP contribution in [0.4, 0.5) is 8.22 Å². The third-order valence-electron chi connectivity index (χ3n) is 5.60. The van der Waals surface area contributed by atoms with Gasteiger partial charge in [0.05, 0.1) is 0 Å². The Labute approximate surface area is 116 Å². The van der Waals surface area contributed by atoms with Crippen molar-refractivity contribution in [3.8, 4) is 0 Å². The van der Waals surface area contributed by atoms with E-state index >= 15 is 0 Å². The summed E-state index contributed by atoms with van der Waals surface area (Å²) in [4.78, 5) is 12.1. The van der Waals surface area contributed by atoms with Crippen LogP contribution in [0.2, 0.25) is 10.6 Å². The van der Waals surface area contributed by atoms with Gasteiger partial charge in [-0.15, -0.1) is 0 Å². The molecule has 110 valence electrons. The lowest BCUT2D eigenvalue weighted by Gasteiger charge is -2.37. The van der Waals surface area contributed by atoms with E-state index in [1.165, 1.54) is 0 Å². The Morgan fingerprint density at radius 2 is 1.89 bits per heavy atom. The van der Waals surface area contributed by atoms with Gasteiger partial charge in [-0.05, 0) is 38.5 Å². The zero-order valence-corrected chi connectivity index (χ0v) is 13.6. The number of Topliss-reactive ketones (excluding diaryl/α,β-unsaturated/α-hetero) is 1. The molecular weight excluding hydrogens is 262 g/mol. The minimum Gasteiger partial charge on any atom is -0.299 e. The lowest BCUT2D eigenvalue weighted by molar-refractivity contribution is -0.130. The van der Waals surface area contributed by atoms with Gasteiger partial charge in [-0.25, -0.2) is 0 Å². The summed E-state index contributed by atoms with van der Waals surface area (Å²) in [7, 11) is -4.31. The van der Waals surface area contributed by atoms with E-state index in [0.29, 0.717) is 12.8 Å². The zero-order chi connectivity index (χ0) is 14.5. The highest BCUT2D eigenvalue weighted by Crippen LogP contribution is 2.63. The molecule has 1 nitrogen and oxygen atoms in total. The Morgan fingerprint density at radius 1 is 1.26 bits per heavy atom. The first-order valence-electron chi connectivity index (χ1n) is 7.50. The fourth-order valence-corrected chi connectivity index (χ4v) is 6.71. The van der Waals surface area contributed by atoms with E-state index in [0.717, 1.165) is 25.7 Å². The van der Waals surface area contributed by atoms with Gasteiger partial charge < -0.3 is 0 Å². The molecule has 0 N–H and O–H groups in total. The summed E-state index contributed by atoms with van der Waals surface area (Å²) in [5.41, 5.74) is -0.885. The van der Waals surface area contributed by atoms with E-state index < -0.39 is 24.7 Å². The monoisotopic (exact) mass is 288 g/mol. The van der Waals surface area contributed by atoms with E-state index in [9.17, 15) is 13.0 Å². The molecular formula is C15H26F2OSi. The van der Waals surface area contributed by atoms with Gasteiger partial charge in [0.2, 0.25) is 0 Å². The molecule has 0 aliphatic heterocycles. The first kappa shape index (κ1) is 15.1. The third-order valence-corrected chi connectivity index (χ3v) is 9.07. The summed E-state index contributed by atoms with van der Waals surface area (Å²) in [6.45, 7) is 6.63. The topological polar surface area (TPSA) is 17.1 Å². The van der Waals surface area contributed by atoms with Gasteiger partial charge in [-0.3, -0.25) is 13.0 Å². The third kappa shape index (κ3) is 2.30. The number of halogens is 2. The van der Waals surface area contributed by atoms with Crippen molar-refractivity contribution in [2.45, 2.75) is 76.8 Å². The van der Waals surface area contributed by atoms with E-state index in [4.69, 9.17) is 0 Å². The lowest BCUT2D eigenvalue weighted by Crippen LogP contribution is -2.40. The number of fused-ring (bicyclic) bond motifs is 1. The maximum Gasteiger partial charge on any atom is 0.433 e. The fraction of sp³-hybridized carbons (Fsp3) is 0.933. The molecule has 0 aromatic carbocycles. The molecule has 0 saturated heterocycles. The van der Waals surface area contributed by atoms with Crippen LogP contribution in [0.5, 0.6) is 0 Å². The standard InChI is InChI=1S/C15H26F2OSi/c1-11(18)15-8-6-5-7-12(15)9-13(10-15)19(16,17)14(2,3)4/h12-13H,5-10H2,1-4H3/t12-,13+,15+/m0/s1. The van der Waals surface area contributed by atoms with Crippen LogP contribution in [0.15, 0.2) is 0 Å². The Morgan fingerprint density at radius 3 is 2.37 bits per heavy atom. The summed E-state index contributed by atoms with van der Waals surface area (Å²) >= 11 is 0. The summed E-state index contributed by atoms with van der Waals surface area (Å²) in [6.07, 6.45) is 5.02. The van der Waals surface area contributed by atoms with E-state index in [2.05, 4.69) is 0 Å². The molecule has 2 aliphatic carbocycles. The van der Waals surface area contributed by atoms with Crippen molar-refractivity contribution in [3.63, 3.8) is 0 Å². The normalized spacial score (nSPS) is 36.1. The summed E-state index contributed by atoms with van der Waals surface area (Å²) in [6, 6.07) is 0. The fourth-order valence-electron chi connectivity index (χ4n) is 4.29. The molecule has 19 heavy (non-hydrogen) atoms. The van der Waals surface area contributed by atoms with E-state index in [-0.39, 0.29) is 11.7 Å². The number of ketones is 1. The Balaban J connectivity index is 2.28. The second kappa shape index (κ2) is 4.64. The molecule has 2 rings (SSSR count). The lowest BCUT2D eigenvalue weighted by atomic mass is 9.66. The molecule has 0 unspecified atom stereocenters. The van der Waals surface area contributed by atoms with Gasteiger partial charge in [0, 0.05) is 16.0 Å². The molecule has 0 amide bonds. The second-order valence-corrected chi connectivity index (χ2v) is 11.2. The minimum absolute atomic E-state index is 0.165. The molecule has 0 radical (unpaired) electrons. The van der Waals surface area contributed by atoms with E-state index in [1.807, 2.05) is 0 Å². The second-order valence-electron chi connectivity index (χ2n) is 7.66. The Kier molecular flexibility index (Phi) is 3.70. The van der Waals surface area contributed by atoms with Crippen LogP contribution in [0, 0.1) is 11.3 Å². The van der Waals surface area contributed by atoms with Crippen molar-refractivity contribution in [2.75, 3.05) is 0 Å². The van der Waals surface area contributed by atoms with Crippen molar-refractivity contribution in [3.05, 3.63) is 0 Å². The highest BCUT2D eigenvalue weighted by Gasteiger charge is 2.63. The van der Waals surface area contributed by atoms with Crippen LogP contribution < -0.4 is 0 Å². The largest absolute Gasteiger partial charge is 0.433 e. The van der Waals surface area contributed by atoms with Gasteiger partial charge >= 0.3 is 8.74 Å². The maximum atomic E-state index is 14.7. The molecule has 0 bridgehead atoms. The number of carbonyl (C=O) groups excluding carboxylic acids is 1. The number of hydrogen-bond donors (Lipinski definition) is 0. The molecule has 0 spiro atoms. The number of hydrogen-bond acceptors (Lipinski definition) is 1. The van der Waals surface area contributed by atoms with Crippen molar-refractivity contribution in [1.82, 2.24) is 0 Å². The van der Waals surface area contributed by atoms with Crippen LogP contribution in [0.3, 0.4) is 0 Å². The zero-order valence-electron chi connectivity index (χ0n) is 12.6. The summed E-state index contributed by atoms with van der Waals surface area (Å²) < 4.78 is 29.5. The van der Waals surface area contributed by atoms with Gasteiger partial charge in [-0.2, -0.15) is 0 Å². The molecule has 3 atom stereocenters. The number of carbonyl (C=O) groups is 1. The predicted octanol–water partition coefficient (Wildman–Crippen LogP) is 5.10. The van der Waals surface area contributed by atoms with Crippen molar-refractivity contribution < 1.29 is 13.0 Å². The molecule has 2 saturated carbocycles. The average molecular weight is 288 g/mol. The van der Waals surface area contributed by atoms with Crippen molar-refractivity contribution >= 4 is 14.5 Å². The van der Waals surface area contributed by atoms with Gasteiger partial charge in [0.15, 0.2) is 0 Å². The molecule has 0 aromatic heterocycles. The maximum absolute atomic E-state index is 14.7. The quantitative estimate of drug-likeness (QED) is 0.510. The SMILES string of the molecule is CC(=O)[C@]12CCCC[C@H]1C[C@@H]([Si](F)(F)C(C)(C)C)C2. The first-order valence-corrected chi connectivity index (χ1v) is 9.33. The Bertz CT molecular complexity index is 375. The van der Waals surface area contributed by atoms with Crippen molar-refractivity contribution in [1.29, 1.82) is 0 Å². The summed E-state index contributed by atoms with van der Waals surface area (Å²) in [5, 5.41) is -0.886.